The summed E-state index contributed by atoms with van der Waals surface area (Å²) in [5.41, 5.74) is 5.47. The first-order valence-corrected chi connectivity index (χ1v) is 7.71. The molecule has 0 bridgehead atoms. The van der Waals surface area contributed by atoms with Gasteiger partial charge in [0.15, 0.2) is 0 Å². The SMILES string of the molecule is CS(=O)(=O)CCCN(CCCN)C1CC1. The molecule has 90 valence electrons. The zero-order chi connectivity index (χ0) is 11.3. The van der Waals surface area contributed by atoms with Crippen molar-refractivity contribution in [1.82, 2.24) is 4.90 Å². The molecule has 0 amide bonds. The molecule has 0 saturated heterocycles. The number of rotatable bonds is 8. The third kappa shape index (κ3) is 6.12. The maximum absolute atomic E-state index is 11.0. The molecule has 1 rings (SSSR count). The fourth-order valence-corrected chi connectivity index (χ4v) is 2.39. The highest BCUT2D eigenvalue weighted by molar-refractivity contribution is 7.90. The summed E-state index contributed by atoms with van der Waals surface area (Å²) in [5.74, 6) is 0.304. The van der Waals surface area contributed by atoms with Gasteiger partial charge in [0.1, 0.15) is 9.84 Å². The Hall–Kier alpha value is -0.130. The number of hydrogen-bond acceptors (Lipinski definition) is 4. The van der Waals surface area contributed by atoms with Crippen LogP contribution >= 0.6 is 0 Å². The van der Waals surface area contributed by atoms with Crippen LogP contribution in [0.25, 0.3) is 0 Å². The normalized spacial score (nSPS) is 17.3. The minimum absolute atomic E-state index is 0.304. The molecule has 0 aliphatic heterocycles. The molecule has 0 unspecified atom stereocenters. The van der Waals surface area contributed by atoms with Crippen molar-refractivity contribution >= 4 is 9.84 Å². The first-order chi connectivity index (χ1) is 7.03. The molecular weight excluding hydrogens is 212 g/mol. The molecule has 0 spiro atoms. The van der Waals surface area contributed by atoms with E-state index < -0.39 is 9.84 Å². The van der Waals surface area contributed by atoms with Crippen LogP contribution in [0.5, 0.6) is 0 Å². The van der Waals surface area contributed by atoms with Gasteiger partial charge in [0.05, 0.1) is 5.75 Å². The smallest absolute Gasteiger partial charge is 0.147 e. The number of nitrogens with two attached hydrogens (primary N) is 1. The van der Waals surface area contributed by atoms with Crippen molar-refractivity contribution in [3.63, 3.8) is 0 Å². The number of nitrogens with zero attached hydrogens (tertiary/aromatic N) is 1. The van der Waals surface area contributed by atoms with Crippen molar-refractivity contribution in [1.29, 1.82) is 0 Å². The van der Waals surface area contributed by atoms with Gasteiger partial charge in [0.2, 0.25) is 0 Å². The van der Waals surface area contributed by atoms with Crippen molar-refractivity contribution in [2.45, 2.75) is 31.7 Å². The van der Waals surface area contributed by atoms with E-state index in [2.05, 4.69) is 4.90 Å². The van der Waals surface area contributed by atoms with E-state index in [1.54, 1.807) is 0 Å². The molecular formula is C10H22N2O2S. The summed E-state index contributed by atoms with van der Waals surface area (Å²) in [4.78, 5) is 2.39. The molecule has 0 aromatic rings. The van der Waals surface area contributed by atoms with Crippen molar-refractivity contribution in [2.24, 2.45) is 5.73 Å². The zero-order valence-electron chi connectivity index (χ0n) is 9.48. The maximum atomic E-state index is 11.0. The van der Waals surface area contributed by atoms with Crippen molar-refractivity contribution in [2.75, 3.05) is 31.6 Å². The standard InChI is InChI=1S/C10H22N2O2S/c1-15(13,14)9-3-8-12(7-2-6-11)10-4-5-10/h10H,2-9,11H2,1H3. The average molecular weight is 234 g/mol. The van der Waals surface area contributed by atoms with E-state index in [1.165, 1.54) is 19.1 Å². The Morgan fingerprint density at radius 2 is 1.87 bits per heavy atom. The Balaban J connectivity index is 2.19. The van der Waals surface area contributed by atoms with E-state index in [4.69, 9.17) is 5.73 Å². The minimum Gasteiger partial charge on any atom is -0.330 e. The van der Waals surface area contributed by atoms with Crippen molar-refractivity contribution in [3.05, 3.63) is 0 Å². The molecule has 0 heterocycles. The molecule has 2 N–H and O–H groups in total. The minimum atomic E-state index is -2.80. The van der Waals surface area contributed by atoms with Gasteiger partial charge in [-0.25, -0.2) is 8.42 Å². The summed E-state index contributed by atoms with van der Waals surface area (Å²) in [6, 6.07) is 0.705. The van der Waals surface area contributed by atoms with Crippen molar-refractivity contribution in [3.8, 4) is 0 Å². The molecule has 0 aromatic carbocycles. The number of sulfone groups is 1. The molecule has 1 fully saturated rings. The molecule has 1 saturated carbocycles. The van der Waals surface area contributed by atoms with Crippen LogP contribution in [-0.2, 0) is 9.84 Å². The first kappa shape index (κ1) is 12.9. The molecule has 15 heavy (non-hydrogen) atoms. The van der Waals surface area contributed by atoms with Gasteiger partial charge in [-0.1, -0.05) is 0 Å². The van der Waals surface area contributed by atoms with E-state index in [1.807, 2.05) is 0 Å². The summed E-state index contributed by atoms with van der Waals surface area (Å²) < 4.78 is 21.9. The van der Waals surface area contributed by atoms with E-state index in [-0.39, 0.29) is 0 Å². The Morgan fingerprint density at radius 1 is 1.27 bits per heavy atom. The topological polar surface area (TPSA) is 63.4 Å². The van der Waals surface area contributed by atoms with Gasteiger partial charge in [0, 0.05) is 12.3 Å². The predicted octanol–water partition coefficient (Wildman–Crippen LogP) is 0.234. The van der Waals surface area contributed by atoms with Crippen LogP contribution in [0.4, 0.5) is 0 Å². The van der Waals surface area contributed by atoms with Gasteiger partial charge in [-0.2, -0.15) is 0 Å². The van der Waals surface area contributed by atoms with Crippen LogP contribution in [0.15, 0.2) is 0 Å². The Labute approximate surface area is 92.7 Å². The average Bonchev–Trinajstić information content (AvgIpc) is 2.92. The summed E-state index contributed by atoms with van der Waals surface area (Å²) in [6.45, 7) is 2.64. The second-order valence-electron chi connectivity index (χ2n) is 4.39. The van der Waals surface area contributed by atoms with Gasteiger partial charge in [-0.15, -0.1) is 0 Å². The fourth-order valence-electron chi connectivity index (χ4n) is 1.74. The summed E-state index contributed by atoms with van der Waals surface area (Å²) in [5, 5.41) is 0. The van der Waals surface area contributed by atoms with Crippen LogP contribution in [0, 0.1) is 0 Å². The quantitative estimate of drug-likeness (QED) is 0.653. The second-order valence-corrected chi connectivity index (χ2v) is 6.65. The summed E-state index contributed by atoms with van der Waals surface area (Å²) in [6.07, 6.45) is 5.59. The monoisotopic (exact) mass is 234 g/mol. The number of hydrogen-bond donors (Lipinski definition) is 1. The highest BCUT2D eigenvalue weighted by atomic mass is 32.2. The fraction of sp³-hybridized carbons (Fsp3) is 1.00. The maximum Gasteiger partial charge on any atom is 0.147 e. The predicted molar refractivity (Wildman–Crippen MR) is 62.6 cm³/mol. The van der Waals surface area contributed by atoms with Crippen LogP contribution < -0.4 is 5.73 Å². The van der Waals surface area contributed by atoms with Crippen LogP contribution in [-0.4, -0.2) is 51.0 Å². The van der Waals surface area contributed by atoms with E-state index in [0.29, 0.717) is 11.8 Å². The molecule has 0 atom stereocenters. The molecule has 0 radical (unpaired) electrons. The lowest BCUT2D eigenvalue weighted by molar-refractivity contribution is 0.262. The van der Waals surface area contributed by atoms with Gasteiger partial charge in [-0.05, 0) is 45.3 Å². The third-order valence-corrected chi connectivity index (χ3v) is 3.70. The summed E-state index contributed by atoms with van der Waals surface area (Å²) in [7, 11) is -2.80. The molecule has 0 aromatic heterocycles. The summed E-state index contributed by atoms with van der Waals surface area (Å²) >= 11 is 0. The lowest BCUT2D eigenvalue weighted by Gasteiger charge is -2.21. The lowest BCUT2D eigenvalue weighted by atomic mass is 10.3. The molecule has 1 aliphatic carbocycles. The Kier molecular flexibility index (Phi) is 5.02. The lowest BCUT2D eigenvalue weighted by Crippen LogP contribution is -2.30. The van der Waals surface area contributed by atoms with E-state index in [9.17, 15) is 8.42 Å². The van der Waals surface area contributed by atoms with Crippen LogP contribution in [0.1, 0.15) is 25.7 Å². The van der Waals surface area contributed by atoms with Crippen molar-refractivity contribution < 1.29 is 8.42 Å². The van der Waals surface area contributed by atoms with Gasteiger partial charge in [-0.3, -0.25) is 0 Å². The zero-order valence-corrected chi connectivity index (χ0v) is 10.3. The largest absolute Gasteiger partial charge is 0.330 e. The van der Waals surface area contributed by atoms with Gasteiger partial charge >= 0.3 is 0 Å². The highest BCUT2D eigenvalue weighted by Gasteiger charge is 2.27. The third-order valence-electron chi connectivity index (χ3n) is 2.67. The van der Waals surface area contributed by atoms with Crippen LogP contribution in [0.3, 0.4) is 0 Å². The first-order valence-electron chi connectivity index (χ1n) is 5.65. The highest BCUT2D eigenvalue weighted by Crippen LogP contribution is 2.26. The molecule has 1 aliphatic rings. The van der Waals surface area contributed by atoms with E-state index in [0.717, 1.165) is 32.5 Å². The second kappa shape index (κ2) is 5.82. The van der Waals surface area contributed by atoms with Gasteiger partial charge in [0.25, 0.3) is 0 Å². The van der Waals surface area contributed by atoms with Crippen LogP contribution in [0.2, 0.25) is 0 Å². The molecule has 4 nitrogen and oxygen atoms in total. The van der Waals surface area contributed by atoms with Gasteiger partial charge < -0.3 is 10.6 Å². The molecule has 5 heteroatoms. The Bertz CT molecular complexity index is 273. The van der Waals surface area contributed by atoms with E-state index >= 15 is 0 Å². The Morgan fingerprint density at radius 3 is 2.33 bits per heavy atom.